The molecule has 0 spiro atoms. The fourth-order valence-corrected chi connectivity index (χ4v) is 5.36. The minimum atomic E-state index is -1.26. The quantitative estimate of drug-likeness (QED) is 0.598. The van der Waals surface area contributed by atoms with Crippen molar-refractivity contribution < 1.29 is 19.8 Å². The summed E-state index contributed by atoms with van der Waals surface area (Å²) in [4.78, 5) is 27.9. The van der Waals surface area contributed by atoms with Gasteiger partial charge in [0.25, 0.3) is 0 Å². The molecule has 2 amide bonds. The number of rotatable bonds is 6. The van der Waals surface area contributed by atoms with E-state index in [0.29, 0.717) is 12.8 Å². The van der Waals surface area contributed by atoms with E-state index in [4.69, 9.17) is 5.73 Å². The number of amides is 2. The van der Waals surface area contributed by atoms with Crippen molar-refractivity contribution in [2.24, 2.45) is 22.0 Å². The zero-order chi connectivity index (χ0) is 22.5. The second kappa shape index (κ2) is 7.28. The lowest BCUT2D eigenvalue weighted by Gasteiger charge is -2.58. The van der Waals surface area contributed by atoms with Gasteiger partial charge in [-0.1, -0.05) is 48.0 Å². The van der Waals surface area contributed by atoms with Gasteiger partial charge < -0.3 is 20.8 Å². The van der Waals surface area contributed by atoms with Crippen molar-refractivity contribution in [2.75, 3.05) is 0 Å². The number of nitrogens with zero attached hydrogens (tertiary/aromatic N) is 1. The van der Waals surface area contributed by atoms with E-state index in [1.165, 1.54) is 0 Å². The molecule has 0 heterocycles. The fraction of sp³-hybridized carbons (Fsp3) is 0.909. The highest BCUT2D eigenvalue weighted by atomic mass is 16.3. The van der Waals surface area contributed by atoms with Gasteiger partial charge >= 0.3 is 0 Å². The first-order valence-corrected chi connectivity index (χ1v) is 10.2. The Bertz CT molecular complexity index is 536. The summed E-state index contributed by atoms with van der Waals surface area (Å²) in [6, 6.07) is -1.28. The third kappa shape index (κ3) is 4.70. The highest BCUT2D eigenvalue weighted by Crippen LogP contribution is 2.48. The molecule has 0 saturated heterocycles. The number of aliphatic hydroxyl groups is 2. The number of hydrogen-bond acceptors (Lipinski definition) is 4. The smallest absolute Gasteiger partial charge is 0.238 e. The SMILES string of the molecule is CC(C)(C)[C@@H](N(C(=O)C1(C(N)=O)CCC1)[C@H](C(C)(C)C)C(C)(C)O)C(C)(C)O. The minimum Gasteiger partial charge on any atom is -0.388 e. The first-order chi connectivity index (χ1) is 12.2. The number of primary amides is 1. The standard InChI is InChI=1S/C22H42N2O4/c1-18(2,3)14(20(7,8)27)24(15(19(4,5)6)21(9,10)28)17(26)22(16(23)25)12-11-13-22/h14-15,27-28H,11-13H2,1-10H3,(H2,23,25)/t14-,15-/m1/s1. The van der Waals surface area contributed by atoms with Crippen LogP contribution in [0.15, 0.2) is 0 Å². The van der Waals surface area contributed by atoms with Crippen LogP contribution in [0.25, 0.3) is 0 Å². The van der Waals surface area contributed by atoms with Crippen LogP contribution in [0.1, 0.15) is 88.5 Å². The molecular weight excluding hydrogens is 356 g/mol. The summed E-state index contributed by atoms with van der Waals surface area (Å²) in [5.41, 5.74) is 0.901. The number of hydrogen-bond donors (Lipinski definition) is 3. The summed E-state index contributed by atoms with van der Waals surface area (Å²) < 4.78 is 0. The molecule has 2 atom stereocenters. The Hall–Kier alpha value is -1.14. The van der Waals surface area contributed by atoms with Gasteiger partial charge in [-0.2, -0.15) is 0 Å². The van der Waals surface area contributed by atoms with Crippen LogP contribution in [-0.4, -0.2) is 50.2 Å². The molecule has 0 aromatic rings. The third-order valence-electron chi connectivity index (χ3n) is 5.86. The topological polar surface area (TPSA) is 104 Å². The van der Waals surface area contributed by atoms with Gasteiger partial charge in [-0.25, -0.2) is 0 Å². The van der Waals surface area contributed by atoms with Gasteiger partial charge in [0.1, 0.15) is 5.41 Å². The Kier molecular flexibility index (Phi) is 6.47. The molecule has 0 aliphatic heterocycles. The molecule has 0 aromatic carbocycles. The largest absolute Gasteiger partial charge is 0.388 e. The second-order valence-corrected chi connectivity index (χ2v) is 11.9. The molecular formula is C22H42N2O4. The normalized spacial score (nSPS) is 20.1. The molecule has 4 N–H and O–H groups in total. The molecule has 0 aromatic heterocycles. The lowest BCUT2D eigenvalue weighted by molar-refractivity contribution is -0.187. The van der Waals surface area contributed by atoms with Gasteiger partial charge in [-0.3, -0.25) is 9.59 Å². The Morgan fingerprint density at radius 2 is 1.14 bits per heavy atom. The zero-order valence-electron chi connectivity index (χ0n) is 19.5. The predicted molar refractivity (Wildman–Crippen MR) is 111 cm³/mol. The van der Waals surface area contributed by atoms with Crippen LogP contribution in [0.4, 0.5) is 0 Å². The van der Waals surface area contributed by atoms with Crippen molar-refractivity contribution in [1.29, 1.82) is 0 Å². The molecule has 1 rings (SSSR count). The van der Waals surface area contributed by atoms with Crippen LogP contribution >= 0.6 is 0 Å². The maximum Gasteiger partial charge on any atom is 0.238 e. The van der Waals surface area contributed by atoms with Crippen LogP contribution in [-0.2, 0) is 9.59 Å². The number of carbonyl (C=O) groups excluding carboxylic acids is 2. The van der Waals surface area contributed by atoms with Crippen molar-refractivity contribution in [3.8, 4) is 0 Å². The Labute approximate surface area is 170 Å². The summed E-state index contributed by atoms with van der Waals surface area (Å²) >= 11 is 0. The molecule has 0 unspecified atom stereocenters. The molecule has 6 nitrogen and oxygen atoms in total. The lowest BCUT2D eigenvalue weighted by atomic mass is 9.64. The molecule has 0 bridgehead atoms. The van der Waals surface area contributed by atoms with Gasteiger partial charge in [-0.05, 0) is 51.4 Å². The van der Waals surface area contributed by atoms with Crippen LogP contribution < -0.4 is 5.73 Å². The van der Waals surface area contributed by atoms with Crippen molar-refractivity contribution in [2.45, 2.75) is 112 Å². The molecule has 1 aliphatic rings. The van der Waals surface area contributed by atoms with Crippen LogP contribution in [0, 0.1) is 16.2 Å². The highest BCUT2D eigenvalue weighted by molar-refractivity contribution is 6.05. The van der Waals surface area contributed by atoms with Crippen molar-refractivity contribution in [1.82, 2.24) is 4.90 Å². The first kappa shape index (κ1) is 24.9. The minimum absolute atomic E-state index is 0.379. The molecule has 28 heavy (non-hydrogen) atoms. The maximum absolute atomic E-state index is 14.0. The Morgan fingerprint density at radius 1 is 0.821 bits per heavy atom. The molecule has 164 valence electrons. The van der Waals surface area contributed by atoms with Gasteiger partial charge in [-0.15, -0.1) is 0 Å². The van der Waals surface area contributed by atoms with Crippen LogP contribution in [0.2, 0.25) is 0 Å². The monoisotopic (exact) mass is 398 g/mol. The molecule has 1 saturated carbocycles. The van der Waals surface area contributed by atoms with Gasteiger partial charge in [0.05, 0.1) is 23.3 Å². The predicted octanol–water partition coefficient (Wildman–Crippen LogP) is 2.84. The zero-order valence-corrected chi connectivity index (χ0v) is 19.5. The Morgan fingerprint density at radius 3 is 1.29 bits per heavy atom. The molecule has 0 radical (unpaired) electrons. The van der Waals surface area contributed by atoms with E-state index in [1.807, 2.05) is 41.5 Å². The van der Waals surface area contributed by atoms with E-state index in [9.17, 15) is 19.8 Å². The summed E-state index contributed by atoms with van der Waals surface area (Å²) in [6.07, 6.45) is 1.57. The van der Waals surface area contributed by atoms with Crippen molar-refractivity contribution in [3.05, 3.63) is 0 Å². The Balaban J connectivity index is 3.81. The maximum atomic E-state index is 14.0. The van der Waals surface area contributed by atoms with E-state index in [0.717, 1.165) is 6.42 Å². The van der Waals surface area contributed by atoms with Crippen LogP contribution in [0.5, 0.6) is 0 Å². The average Bonchev–Trinajstić information content (AvgIpc) is 2.28. The second-order valence-electron chi connectivity index (χ2n) is 11.9. The molecule has 1 aliphatic carbocycles. The van der Waals surface area contributed by atoms with E-state index >= 15 is 0 Å². The van der Waals surface area contributed by atoms with Crippen molar-refractivity contribution in [3.63, 3.8) is 0 Å². The summed E-state index contributed by atoms with van der Waals surface area (Å²) in [6.45, 7) is 18.4. The average molecular weight is 399 g/mol. The van der Waals surface area contributed by atoms with Crippen LogP contribution in [0.3, 0.4) is 0 Å². The summed E-state index contributed by atoms with van der Waals surface area (Å²) in [5, 5.41) is 22.2. The molecule has 6 heteroatoms. The number of carbonyl (C=O) groups is 2. The van der Waals surface area contributed by atoms with E-state index in [1.54, 1.807) is 32.6 Å². The highest BCUT2D eigenvalue weighted by Gasteiger charge is 2.59. The van der Waals surface area contributed by atoms with E-state index in [-0.39, 0.29) is 5.91 Å². The van der Waals surface area contributed by atoms with Gasteiger partial charge in [0.15, 0.2) is 0 Å². The fourth-order valence-electron chi connectivity index (χ4n) is 5.36. The summed E-state index contributed by atoms with van der Waals surface area (Å²) in [7, 11) is 0. The van der Waals surface area contributed by atoms with Crippen molar-refractivity contribution >= 4 is 11.8 Å². The number of nitrogens with two attached hydrogens (primary N) is 1. The van der Waals surface area contributed by atoms with E-state index < -0.39 is 45.4 Å². The first-order valence-electron chi connectivity index (χ1n) is 10.2. The van der Waals surface area contributed by atoms with Gasteiger partial charge in [0, 0.05) is 0 Å². The lowest BCUT2D eigenvalue weighted by Crippen LogP contribution is -2.71. The third-order valence-corrected chi connectivity index (χ3v) is 5.86. The molecule has 1 fully saturated rings. The summed E-state index contributed by atoms with van der Waals surface area (Å²) in [5.74, 6) is -1.00. The van der Waals surface area contributed by atoms with E-state index in [2.05, 4.69) is 0 Å². The van der Waals surface area contributed by atoms with Gasteiger partial charge in [0.2, 0.25) is 11.8 Å².